The van der Waals surface area contributed by atoms with Gasteiger partial charge in [0.1, 0.15) is 0 Å². The lowest BCUT2D eigenvalue weighted by Crippen LogP contribution is -2.08. The maximum absolute atomic E-state index is 4.74. The maximum Gasteiger partial charge on any atom is 0.0590 e. The van der Waals surface area contributed by atoms with Gasteiger partial charge in [0.25, 0.3) is 0 Å². The largest absolute Gasteiger partial charge is 0.340 e. The zero-order chi connectivity index (χ0) is 32.7. The molecule has 0 atom stereocenters. The molecule has 4 aromatic carbocycles. The molecule has 0 spiro atoms. The normalized spacial score (nSPS) is 11.8. The average molecular weight is 628 g/mol. The van der Waals surface area contributed by atoms with Gasteiger partial charge in [-0.3, -0.25) is 10.0 Å². The van der Waals surface area contributed by atoms with Crippen molar-refractivity contribution in [3.63, 3.8) is 0 Å². The van der Waals surface area contributed by atoms with Crippen LogP contribution in [0.3, 0.4) is 0 Å². The third kappa shape index (κ3) is 9.81. The lowest BCUT2D eigenvalue weighted by molar-refractivity contribution is 0.533. The fraction of sp³-hybridized carbons (Fsp3) is 0.381. The Kier molecular flexibility index (Phi) is 13.1. The van der Waals surface area contributed by atoms with E-state index in [-0.39, 0.29) is 0 Å². The van der Waals surface area contributed by atoms with Crippen molar-refractivity contribution in [2.45, 2.75) is 90.5 Å². The molecule has 5 aromatic rings. The first-order valence-electron chi connectivity index (χ1n) is 17.9. The Labute approximate surface area is 282 Å². The van der Waals surface area contributed by atoms with Gasteiger partial charge in [-0.2, -0.15) is 10.2 Å². The van der Waals surface area contributed by atoms with Gasteiger partial charge in [-0.05, 0) is 66.1 Å². The van der Waals surface area contributed by atoms with Gasteiger partial charge in [-0.15, -0.1) is 0 Å². The van der Waals surface area contributed by atoms with E-state index in [4.69, 9.17) is 10.2 Å². The molecule has 5 heteroatoms. The Balaban J connectivity index is 1.29. The molecule has 0 saturated carbocycles. The fourth-order valence-corrected chi connectivity index (χ4v) is 6.38. The maximum atomic E-state index is 4.74. The molecule has 5 nitrogen and oxygen atoms in total. The summed E-state index contributed by atoms with van der Waals surface area (Å²) >= 11 is 0. The first-order valence-corrected chi connectivity index (χ1v) is 17.9. The first-order chi connectivity index (χ1) is 23.1. The van der Waals surface area contributed by atoms with Crippen molar-refractivity contribution >= 4 is 45.6 Å². The van der Waals surface area contributed by atoms with Crippen molar-refractivity contribution < 1.29 is 0 Å². The summed E-state index contributed by atoms with van der Waals surface area (Å²) in [5.41, 5.74) is 6.88. The van der Waals surface area contributed by atoms with Crippen LogP contribution in [0.4, 0.5) is 11.4 Å². The number of hydrogen-bond acceptors (Lipinski definition) is 4. The van der Waals surface area contributed by atoms with Gasteiger partial charge >= 0.3 is 0 Å². The van der Waals surface area contributed by atoms with Crippen LogP contribution in [0.1, 0.15) is 95.1 Å². The van der Waals surface area contributed by atoms with Gasteiger partial charge in [-0.1, -0.05) is 126 Å². The molecule has 0 N–H and O–H groups in total. The quantitative estimate of drug-likeness (QED) is 0.0519. The van der Waals surface area contributed by atoms with Crippen LogP contribution in [0, 0.1) is 0 Å². The predicted octanol–water partition coefficient (Wildman–Crippen LogP) is 11.4. The highest BCUT2D eigenvalue weighted by molar-refractivity contribution is 6.11. The van der Waals surface area contributed by atoms with E-state index in [1.165, 1.54) is 98.9 Å². The number of aromatic nitrogens is 1. The number of benzene rings is 4. The third-order valence-corrected chi connectivity index (χ3v) is 9.17. The van der Waals surface area contributed by atoms with Crippen molar-refractivity contribution in [2.75, 3.05) is 24.1 Å². The number of anilines is 2. The highest BCUT2D eigenvalue weighted by atomic mass is 15.4. The van der Waals surface area contributed by atoms with E-state index in [2.05, 4.69) is 72.2 Å². The second-order valence-electron chi connectivity index (χ2n) is 12.8. The Bertz CT molecular complexity index is 1590. The first kappa shape index (κ1) is 34.0. The third-order valence-electron chi connectivity index (χ3n) is 9.17. The summed E-state index contributed by atoms with van der Waals surface area (Å²) in [7, 11) is 3.98. The summed E-state index contributed by atoms with van der Waals surface area (Å²) in [6, 6.07) is 34.0. The molecule has 1 heterocycles. The van der Waals surface area contributed by atoms with Gasteiger partial charge < -0.3 is 4.57 Å². The van der Waals surface area contributed by atoms with Crippen LogP contribution in [0.2, 0.25) is 0 Å². The van der Waals surface area contributed by atoms with Gasteiger partial charge in [0.05, 0.1) is 23.8 Å². The fourth-order valence-electron chi connectivity index (χ4n) is 6.38. The summed E-state index contributed by atoms with van der Waals surface area (Å²) < 4.78 is 2.52. The van der Waals surface area contributed by atoms with E-state index in [1.807, 2.05) is 72.9 Å². The van der Waals surface area contributed by atoms with Crippen molar-refractivity contribution in [3.05, 3.63) is 108 Å². The minimum atomic E-state index is 1.03. The Hall–Kier alpha value is -4.38. The van der Waals surface area contributed by atoms with Gasteiger partial charge in [0.2, 0.25) is 0 Å². The Morgan fingerprint density at radius 1 is 0.511 bits per heavy atom. The Morgan fingerprint density at radius 2 is 0.915 bits per heavy atom. The molecule has 0 fully saturated rings. The van der Waals surface area contributed by atoms with Crippen molar-refractivity contribution in [1.82, 2.24) is 4.57 Å². The molecular formula is C42H53N5. The van der Waals surface area contributed by atoms with Crippen LogP contribution in [-0.4, -0.2) is 31.1 Å². The molecule has 246 valence electrons. The van der Waals surface area contributed by atoms with Crippen LogP contribution >= 0.6 is 0 Å². The molecule has 0 amide bonds. The average Bonchev–Trinajstić information content (AvgIpc) is 3.42. The van der Waals surface area contributed by atoms with Crippen LogP contribution in [0.5, 0.6) is 0 Å². The van der Waals surface area contributed by atoms with E-state index in [9.17, 15) is 0 Å². The molecule has 47 heavy (non-hydrogen) atoms. The number of para-hydroxylation sites is 2. The molecule has 1 aromatic heterocycles. The standard InChI is InChI=1S/C42H53N5/c1-4-5-6-7-8-9-10-11-12-13-14-21-30-47-41-28-26-35(33-43-45(2)37-22-17-15-18-23-37)31-39(41)40-32-36(27-29-42(40)47)34-44-46(3)38-24-19-16-20-25-38/h15-20,22-29,31-34H,4-14,21,30H2,1-3H3. The lowest BCUT2D eigenvalue weighted by Gasteiger charge is -2.12. The minimum absolute atomic E-state index is 1.03. The molecule has 0 aliphatic heterocycles. The molecular weight excluding hydrogens is 574 g/mol. The summed E-state index contributed by atoms with van der Waals surface area (Å²) in [5.74, 6) is 0. The number of hydrazone groups is 2. The van der Waals surface area contributed by atoms with Gasteiger partial charge in [0, 0.05) is 42.4 Å². The van der Waals surface area contributed by atoms with Crippen molar-refractivity contribution in [3.8, 4) is 0 Å². The highest BCUT2D eigenvalue weighted by Gasteiger charge is 2.12. The van der Waals surface area contributed by atoms with E-state index < -0.39 is 0 Å². The summed E-state index contributed by atoms with van der Waals surface area (Å²) in [6.45, 7) is 3.33. The summed E-state index contributed by atoms with van der Waals surface area (Å²) in [4.78, 5) is 0. The molecule has 0 saturated heterocycles. The van der Waals surface area contributed by atoms with Crippen molar-refractivity contribution in [2.24, 2.45) is 10.2 Å². The monoisotopic (exact) mass is 627 g/mol. The van der Waals surface area contributed by atoms with E-state index in [0.29, 0.717) is 0 Å². The second-order valence-corrected chi connectivity index (χ2v) is 12.8. The number of hydrogen-bond donors (Lipinski definition) is 0. The van der Waals surface area contributed by atoms with E-state index in [0.717, 1.165) is 29.0 Å². The predicted molar refractivity (Wildman–Crippen MR) is 205 cm³/mol. The van der Waals surface area contributed by atoms with Crippen LogP contribution in [-0.2, 0) is 6.54 Å². The number of aryl methyl sites for hydroxylation is 1. The Morgan fingerprint density at radius 3 is 1.34 bits per heavy atom. The van der Waals surface area contributed by atoms with Gasteiger partial charge in [-0.25, -0.2) is 0 Å². The summed E-state index contributed by atoms with van der Waals surface area (Å²) in [6.07, 6.45) is 20.3. The smallest absolute Gasteiger partial charge is 0.0590 e. The molecule has 5 rings (SSSR count). The lowest BCUT2D eigenvalue weighted by atomic mass is 10.1. The SMILES string of the molecule is CCCCCCCCCCCCCCn1c2ccc(C=NN(C)c3ccccc3)cc2c2cc(C=NN(C)c3ccccc3)ccc21. The zero-order valence-corrected chi connectivity index (χ0v) is 28.8. The van der Waals surface area contributed by atoms with Crippen LogP contribution in [0.25, 0.3) is 21.8 Å². The highest BCUT2D eigenvalue weighted by Crippen LogP contribution is 2.31. The number of nitrogens with zero attached hydrogens (tertiary/aromatic N) is 5. The summed E-state index contributed by atoms with van der Waals surface area (Å²) in [5, 5.41) is 15.8. The molecule has 0 bridgehead atoms. The minimum Gasteiger partial charge on any atom is -0.340 e. The molecule has 0 unspecified atom stereocenters. The van der Waals surface area contributed by atoms with E-state index in [1.54, 1.807) is 0 Å². The molecule has 0 aliphatic carbocycles. The zero-order valence-electron chi connectivity index (χ0n) is 28.8. The second kappa shape index (κ2) is 18.1. The van der Waals surface area contributed by atoms with Gasteiger partial charge in [0.15, 0.2) is 0 Å². The molecule has 0 aliphatic rings. The topological polar surface area (TPSA) is 36.1 Å². The van der Waals surface area contributed by atoms with E-state index >= 15 is 0 Å². The number of unbranched alkanes of at least 4 members (excludes halogenated alkanes) is 11. The van der Waals surface area contributed by atoms with Crippen LogP contribution < -0.4 is 10.0 Å². The number of fused-ring (bicyclic) bond motifs is 3. The molecule has 0 radical (unpaired) electrons. The van der Waals surface area contributed by atoms with Crippen molar-refractivity contribution in [1.29, 1.82) is 0 Å². The number of rotatable bonds is 19. The van der Waals surface area contributed by atoms with Crippen LogP contribution in [0.15, 0.2) is 107 Å².